The van der Waals surface area contributed by atoms with Crippen LogP contribution in [0.15, 0.2) is 66.7 Å². The molecule has 4 rings (SSSR count). The summed E-state index contributed by atoms with van der Waals surface area (Å²) in [6.07, 6.45) is 2.54. The van der Waals surface area contributed by atoms with E-state index < -0.39 is 0 Å². The second-order valence-corrected chi connectivity index (χ2v) is 7.15. The first-order valence-corrected chi connectivity index (χ1v) is 9.71. The van der Waals surface area contributed by atoms with Crippen LogP contribution in [0.25, 0.3) is 32.7 Å². The Kier molecular flexibility index (Phi) is 5.40. The molecule has 0 radical (unpaired) electrons. The van der Waals surface area contributed by atoms with Crippen molar-refractivity contribution in [2.45, 2.75) is 12.8 Å². The maximum Gasteiger partial charge on any atom is 0.305 e. The van der Waals surface area contributed by atoms with Crippen molar-refractivity contribution >= 4 is 40.1 Å². The zero-order chi connectivity index (χ0) is 21.1. The number of aryl methyl sites for hydroxylation is 1. The number of rotatable bonds is 6. The van der Waals surface area contributed by atoms with Crippen LogP contribution < -0.4 is 0 Å². The molecule has 0 bridgehead atoms. The van der Waals surface area contributed by atoms with Crippen molar-refractivity contribution < 1.29 is 19.1 Å². The average Bonchev–Trinajstić information content (AvgIpc) is 2.80. The lowest BCUT2D eigenvalue weighted by Crippen LogP contribution is -2.02. The van der Waals surface area contributed by atoms with Gasteiger partial charge in [-0.05, 0) is 33.5 Å². The Balaban J connectivity index is 1.97. The number of carbonyl (C=O) groups excluding carboxylic acids is 3. The fourth-order valence-electron chi connectivity index (χ4n) is 3.94. The van der Waals surface area contributed by atoms with Gasteiger partial charge in [0.1, 0.15) is 0 Å². The van der Waals surface area contributed by atoms with Crippen LogP contribution >= 0.6 is 0 Å². The van der Waals surface area contributed by atoms with Crippen molar-refractivity contribution in [1.82, 2.24) is 0 Å². The molecule has 0 aliphatic rings. The van der Waals surface area contributed by atoms with E-state index in [1.807, 2.05) is 54.6 Å². The van der Waals surface area contributed by atoms with Gasteiger partial charge in [-0.15, -0.1) is 0 Å². The minimum absolute atomic E-state index is 0.251. The molecule has 4 aromatic rings. The first-order chi connectivity index (χ1) is 14.7. The standard InChI is InChI=1S/C26H20O4/c1-30-24(29)13-7-17-6-12-23-19(14-17)9-11-21(16-28)26(23)25-20(15-27)10-8-18-4-2-3-5-22(18)25/h2-6,8-12,14-16H,7,13H2,1H3. The van der Waals surface area contributed by atoms with E-state index in [9.17, 15) is 14.4 Å². The number of fused-ring (bicyclic) bond motifs is 2. The molecule has 148 valence electrons. The van der Waals surface area contributed by atoms with Gasteiger partial charge < -0.3 is 4.74 Å². The van der Waals surface area contributed by atoms with Crippen LogP contribution in [0.5, 0.6) is 0 Å². The lowest BCUT2D eigenvalue weighted by atomic mass is 9.87. The van der Waals surface area contributed by atoms with Gasteiger partial charge in [-0.25, -0.2) is 0 Å². The molecule has 0 heterocycles. The molecule has 0 aromatic heterocycles. The number of carbonyl (C=O) groups is 3. The van der Waals surface area contributed by atoms with E-state index in [4.69, 9.17) is 4.74 Å². The minimum Gasteiger partial charge on any atom is -0.469 e. The van der Waals surface area contributed by atoms with Crippen LogP contribution in [0.3, 0.4) is 0 Å². The summed E-state index contributed by atoms with van der Waals surface area (Å²) in [4.78, 5) is 35.3. The normalized spacial score (nSPS) is 10.8. The summed E-state index contributed by atoms with van der Waals surface area (Å²) in [7, 11) is 1.38. The zero-order valence-electron chi connectivity index (χ0n) is 16.6. The number of hydrogen-bond donors (Lipinski definition) is 0. The van der Waals surface area contributed by atoms with E-state index in [2.05, 4.69) is 0 Å². The number of ether oxygens (including phenoxy) is 1. The van der Waals surface area contributed by atoms with E-state index in [-0.39, 0.29) is 5.97 Å². The van der Waals surface area contributed by atoms with Crippen molar-refractivity contribution in [2.24, 2.45) is 0 Å². The summed E-state index contributed by atoms with van der Waals surface area (Å²) >= 11 is 0. The van der Waals surface area contributed by atoms with E-state index in [1.54, 1.807) is 12.1 Å². The predicted octanol–water partition coefficient (Wildman–Crippen LogP) is 5.39. The Bertz CT molecular complexity index is 1290. The Morgan fingerprint density at radius 1 is 0.800 bits per heavy atom. The lowest BCUT2D eigenvalue weighted by Gasteiger charge is -2.16. The maximum absolute atomic E-state index is 11.9. The second-order valence-electron chi connectivity index (χ2n) is 7.15. The van der Waals surface area contributed by atoms with Gasteiger partial charge in [-0.3, -0.25) is 14.4 Å². The largest absolute Gasteiger partial charge is 0.469 e. The third-order valence-electron chi connectivity index (χ3n) is 5.43. The Morgan fingerprint density at radius 3 is 2.10 bits per heavy atom. The van der Waals surface area contributed by atoms with Gasteiger partial charge in [0.25, 0.3) is 0 Å². The van der Waals surface area contributed by atoms with E-state index in [0.717, 1.165) is 50.8 Å². The van der Waals surface area contributed by atoms with E-state index >= 15 is 0 Å². The molecule has 0 aliphatic heterocycles. The fraction of sp³-hybridized carbons (Fsp3) is 0.115. The molecule has 4 heteroatoms. The third kappa shape index (κ3) is 3.48. The molecule has 30 heavy (non-hydrogen) atoms. The Morgan fingerprint density at radius 2 is 1.43 bits per heavy atom. The van der Waals surface area contributed by atoms with Gasteiger partial charge in [-0.1, -0.05) is 66.7 Å². The first kappa shape index (κ1) is 19.5. The van der Waals surface area contributed by atoms with Crippen molar-refractivity contribution in [3.63, 3.8) is 0 Å². The lowest BCUT2D eigenvalue weighted by molar-refractivity contribution is -0.140. The molecule has 0 amide bonds. The van der Waals surface area contributed by atoms with Gasteiger partial charge in [0.05, 0.1) is 7.11 Å². The average molecular weight is 396 g/mol. The van der Waals surface area contributed by atoms with Gasteiger partial charge in [0.15, 0.2) is 12.6 Å². The fourth-order valence-corrected chi connectivity index (χ4v) is 3.94. The van der Waals surface area contributed by atoms with Crippen LogP contribution in [0.1, 0.15) is 32.7 Å². The molecule has 0 unspecified atom stereocenters. The molecule has 0 saturated carbocycles. The number of benzene rings is 4. The number of methoxy groups -OCH3 is 1. The monoisotopic (exact) mass is 396 g/mol. The predicted molar refractivity (Wildman–Crippen MR) is 118 cm³/mol. The van der Waals surface area contributed by atoms with E-state index in [0.29, 0.717) is 24.0 Å². The second kappa shape index (κ2) is 8.29. The number of esters is 1. The molecule has 4 aromatic carbocycles. The van der Waals surface area contributed by atoms with Gasteiger partial charge in [-0.2, -0.15) is 0 Å². The van der Waals surface area contributed by atoms with Crippen molar-refractivity contribution in [3.8, 4) is 11.1 Å². The molecule has 0 saturated heterocycles. The molecule has 0 N–H and O–H groups in total. The Labute approximate surface area is 174 Å². The van der Waals surface area contributed by atoms with Gasteiger partial charge in [0, 0.05) is 28.7 Å². The molecule has 0 aliphatic carbocycles. The van der Waals surface area contributed by atoms with Crippen molar-refractivity contribution in [1.29, 1.82) is 0 Å². The molecule has 0 atom stereocenters. The van der Waals surface area contributed by atoms with Crippen LogP contribution in [0.4, 0.5) is 0 Å². The highest BCUT2D eigenvalue weighted by molar-refractivity contribution is 6.14. The first-order valence-electron chi connectivity index (χ1n) is 9.71. The highest BCUT2D eigenvalue weighted by Gasteiger charge is 2.17. The van der Waals surface area contributed by atoms with E-state index in [1.165, 1.54) is 7.11 Å². The van der Waals surface area contributed by atoms with Crippen molar-refractivity contribution in [2.75, 3.05) is 7.11 Å². The van der Waals surface area contributed by atoms with Crippen LogP contribution in [0, 0.1) is 0 Å². The summed E-state index contributed by atoms with van der Waals surface area (Å²) in [5.74, 6) is -0.251. The molecule has 4 nitrogen and oxygen atoms in total. The SMILES string of the molecule is COC(=O)CCc1ccc2c(-c3c(C=O)ccc4ccccc34)c(C=O)ccc2c1. The molecular weight excluding hydrogens is 376 g/mol. The smallest absolute Gasteiger partial charge is 0.305 e. The van der Waals surface area contributed by atoms with Crippen LogP contribution in [-0.4, -0.2) is 25.7 Å². The highest BCUT2D eigenvalue weighted by Crippen LogP contribution is 2.38. The molecule has 0 spiro atoms. The summed E-state index contributed by atoms with van der Waals surface area (Å²) in [6, 6.07) is 21.2. The topological polar surface area (TPSA) is 60.4 Å². The Hall–Kier alpha value is -3.79. The summed E-state index contributed by atoms with van der Waals surface area (Å²) in [6.45, 7) is 0. The third-order valence-corrected chi connectivity index (χ3v) is 5.43. The van der Waals surface area contributed by atoms with Crippen molar-refractivity contribution in [3.05, 3.63) is 83.4 Å². The zero-order valence-corrected chi connectivity index (χ0v) is 16.6. The summed E-state index contributed by atoms with van der Waals surface area (Å²) < 4.78 is 4.72. The molecule has 0 fully saturated rings. The summed E-state index contributed by atoms with van der Waals surface area (Å²) in [5, 5.41) is 3.76. The number of hydrogen-bond acceptors (Lipinski definition) is 4. The maximum atomic E-state index is 11.9. The summed E-state index contributed by atoms with van der Waals surface area (Å²) in [5.41, 5.74) is 3.59. The van der Waals surface area contributed by atoms with Crippen LogP contribution in [0.2, 0.25) is 0 Å². The number of aldehydes is 2. The van der Waals surface area contributed by atoms with Gasteiger partial charge >= 0.3 is 5.97 Å². The van der Waals surface area contributed by atoms with Gasteiger partial charge in [0.2, 0.25) is 0 Å². The molecular formula is C26H20O4. The van der Waals surface area contributed by atoms with Crippen LogP contribution in [-0.2, 0) is 16.0 Å². The quantitative estimate of drug-likeness (QED) is 0.324. The minimum atomic E-state index is -0.251. The highest BCUT2D eigenvalue weighted by atomic mass is 16.5.